The van der Waals surface area contributed by atoms with Crippen LogP contribution in [0, 0.1) is 0 Å². The Kier molecular flexibility index (Phi) is 11.7. The van der Waals surface area contributed by atoms with E-state index < -0.39 is 54.0 Å². The van der Waals surface area contributed by atoms with E-state index in [2.05, 4.69) is 16.0 Å². The molecule has 178 valence electrons. The second kappa shape index (κ2) is 13.7. The number of nitrogens with two attached hydrogens (primary N) is 1. The van der Waals surface area contributed by atoms with Crippen LogP contribution in [0.3, 0.4) is 0 Å². The molecule has 1 aromatic rings. The molecular formula is C21H32N4O6S. The number of rotatable bonds is 13. The number of hydrogen-bond acceptors (Lipinski definition) is 7. The molecule has 0 radical (unpaired) electrons. The summed E-state index contributed by atoms with van der Waals surface area (Å²) in [6, 6.07) is 4.63. The number of carbonyl (C=O) groups excluding carboxylic acids is 3. The van der Waals surface area contributed by atoms with Gasteiger partial charge in [-0.2, -0.15) is 11.8 Å². The summed E-state index contributed by atoms with van der Waals surface area (Å²) in [5, 5.41) is 25.9. The van der Waals surface area contributed by atoms with Crippen molar-refractivity contribution in [2.24, 2.45) is 5.73 Å². The Morgan fingerprint density at radius 3 is 2.16 bits per heavy atom. The Morgan fingerprint density at radius 1 is 1.00 bits per heavy atom. The predicted molar refractivity (Wildman–Crippen MR) is 122 cm³/mol. The van der Waals surface area contributed by atoms with Crippen molar-refractivity contribution in [1.29, 1.82) is 0 Å². The van der Waals surface area contributed by atoms with Crippen molar-refractivity contribution in [3.63, 3.8) is 0 Å². The van der Waals surface area contributed by atoms with Crippen LogP contribution in [-0.2, 0) is 25.6 Å². The molecule has 0 aliphatic carbocycles. The monoisotopic (exact) mass is 468 g/mol. The van der Waals surface area contributed by atoms with E-state index in [1.165, 1.54) is 13.8 Å². The minimum Gasteiger partial charge on any atom is -0.480 e. The first-order chi connectivity index (χ1) is 15.1. The van der Waals surface area contributed by atoms with Crippen LogP contribution in [0.2, 0.25) is 0 Å². The molecule has 0 fully saturated rings. The number of benzene rings is 1. The fraction of sp³-hybridized carbons (Fsp3) is 0.524. The lowest BCUT2D eigenvalue weighted by Crippen LogP contribution is -2.58. The van der Waals surface area contributed by atoms with Crippen molar-refractivity contribution in [2.75, 3.05) is 12.0 Å². The van der Waals surface area contributed by atoms with Gasteiger partial charge in [-0.1, -0.05) is 30.3 Å². The van der Waals surface area contributed by atoms with Crippen molar-refractivity contribution in [1.82, 2.24) is 16.0 Å². The van der Waals surface area contributed by atoms with Gasteiger partial charge in [-0.15, -0.1) is 0 Å². The van der Waals surface area contributed by atoms with Crippen LogP contribution in [0.4, 0.5) is 0 Å². The first kappa shape index (κ1) is 27.4. The first-order valence-corrected chi connectivity index (χ1v) is 11.6. The van der Waals surface area contributed by atoms with Crippen molar-refractivity contribution in [3.8, 4) is 0 Å². The molecule has 7 N–H and O–H groups in total. The second-order valence-electron chi connectivity index (χ2n) is 7.43. The number of hydrogen-bond donors (Lipinski definition) is 6. The molecule has 0 saturated heterocycles. The highest BCUT2D eigenvalue weighted by Crippen LogP contribution is 2.06. The summed E-state index contributed by atoms with van der Waals surface area (Å²) >= 11 is 1.55. The standard InChI is InChI=1S/C21H32N4O6S/c1-12(18(27)25-17(13(2)26)21(30)31)23-20(29)16(11-14-7-5-4-6-8-14)24-19(28)15(22)9-10-32-3/h4-8,12-13,15-17,26H,9-11,22H2,1-3H3,(H,23,29)(H,24,28)(H,25,27)(H,30,31). The van der Waals surface area contributed by atoms with Gasteiger partial charge < -0.3 is 31.9 Å². The number of carbonyl (C=O) groups is 4. The molecule has 0 aromatic heterocycles. The lowest BCUT2D eigenvalue weighted by Gasteiger charge is -2.24. The van der Waals surface area contributed by atoms with Crippen LogP contribution < -0.4 is 21.7 Å². The number of nitrogens with one attached hydrogen (secondary N) is 3. The van der Waals surface area contributed by atoms with Crippen LogP contribution in [0.25, 0.3) is 0 Å². The summed E-state index contributed by atoms with van der Waals surface area (Å²) in [4.78, 5) is 48.8. The van der Waals surface area contributed by atoms with Crippen molar-refractivity contribution >= 4 is 35.5 Å². The number of aliphatic hydroxyl groups excluding tert-OH is 1. The molecule has 3 amide bonds. The van der Waals surface area contributed by atoms with E-state index in [0.29, 0.717) is 12.2 Å². The maximum Gasteiger partial charge on any atom is 0.328 e. The van der Waals surface area contributed by atoms with Gasteiger partial charge in [0.25, 0.3) is 0 Å². The average Bonchev–Trinajstić information content (AvgIpc) is 2.74. The number of carboxylic acid groups (broad SMARTS) is 1. The van der Waals surface area contributed by atoms with E-state index in [9.17, 15) is 24.3 Å². The van der Waals surface area contributed by atoms with E-state index >= 15 is 0 Å². The SMILES string of the molecule is CSCCC(N)C(=O)NC(Cc1ccccc1)C(=O)NC(C)C(=O)NC(C(=O)O)C(C)O. The zero-order chi connectivity index (χ0) is 24.3. The summed E-state index contributed by atoms with van der Waals surface area (Å²) in [5.74, 6) is -2.60. The van der Waals surface area contributed by atoms with Crippen LogP contribution >= 0.6 is 11.8 Å². The van der Waals surface area contributed by atoms with Gasteiger partial charge in [0, 0.05) is 6.42 Å². The summed E-state index contributed by atoms with van der Waals surface area (Å²) in [6.45, 7) is 2.60. The Hall–Kier alpha value is -2.63. The Balaban J connectivity index is 2.88. The highest BCUT2D eigenvalue weighted by atomic mass is 32.2. The first-order valence-electron chi connectivity index (χ1n) is 10.2. The minimum atomic E-state index is -1.52. The fourth-order valence-electron chi connectivity index (χ4n) is 2.76. The highest BCUT2D eigenvalue weighted by molar-refractivity contribution is 7.98. The lowest BCUT2D eigenvalue weighted by molar-refractivity contribution is -0.145. The summed E-state index contributed by atoms with van der Waals surface area (Å²) in [7, 11) is 0. The Morgan fingerprint density at radius 2 is 1.62 bits per heavy atom. The molecule has 1 rings (SSSR count). The average molecular weight is 469 g/mol. The zero-order valence-corrected chi connectivity index (χ0v) is 19.2. The van der Waals surface area contributed by atoms with E-state index in [1.54, 1.807) is 36.0 Å². The van der Waals surface area contributed by atoms with Gasteiger partial charge in [0.15, 0.2) is 6.04 Å². The highest BCUT2D eigenvalue weighted by Gasteiger charge is 2.30. The summed E-state index contributed by atoms with van der Waals surface area (Å²) < 4.78 is 0. The van der Waals surface area contributed by atoms with Gasteiger partial charge in [0.1, 0.15) is 12.1 Å². The van der Waals surface area contributed by atoms with Gasteiger partial charge in [-0.3, -0.25) is 14.4 Å². The Labute approximate surface area is 191 Å². The lowest BCUT2D eigenvalue weighted by atomic mass is 10.0. The number of aliphatic hydroxyl groups is 1. The van der Waals surface area contributed by atoms with Gasteiger partial charge >= 0.3 is 5.97 Å². The third-order valence-electron chi connectivity index (χ3n) is 4.68. The van der Waals surface area contributed by atoms with Crippen LogP contribution in [-0.4, -0.2) is 76.2 Å². The van der Waals surface area contributed by atoms with E-state index in [1.807, 2.05) is 12.3 Å². The Bertz CT molecular complexity index is 777. The molecule has 0 aliphatic rings. The van der Waals surface area contributed by atoms with Crippen LogP contribution in [0.1, 0.15) is 25.8 Å². The van der Waals surface area contributed by atoms with Crippen LogP contribution in [0.15, 0.2) is 30.3 Å². The maximum atomic E-state index is 12.9. The molecule has 0 saturated carbocycles. The molecule has 11 heteroatoms. The van der Waals surface area contributed by atoms with E-state index in [4.69, 9.17) is 10.8 Å². The molecular weight excluding hydrogens is 436 g/mol. The second-order valence-corrected chi connectivity index (χ2v) is 8.42. The molecule has 0 heterocycles. The topological polar surface area (TPSA) is 171 Å². The van der Waals surface area contributed by atoms with E-state index in [0.717, 1.165) is 5.56 Å². The maximum absolute atomic E-state index is 12.9. The minimum absolute atomic E-state index is 0.174. The van der Waals surface area contributed by atoms with Gasteiger partial charge in [-0.05, 0) is 37.8 Å². The van der Waals surface area contributed by atoms with Gasteiger partial charge in [0.05, 0.1) is 12.1 Å². The number of carboxylic acids is 1. The van der Waals surface area contributed by atoms with Crippen molar-refractivity contribution in [2.45, 2.75) is 57.0 Å². The van der Waals surface area contributed by atoms with Crippen molar-refractivity contribution < 1.29 is 29.4 Å². The number of amides is 3. The van der Waals surface area contributed by atoms with Crippen LogP contribution in [0.5, 0.6) is 0 Å². The number of aliphatic carboxylic acids is 1. The summed E-state index contributed by atoms with van der Waals surface area (Å²) in [6.07, 6.45) is 1.19. The molecule has 10 nitrogen and oxygen atoms in total. The summed E-state index contributed by atoms with van der Waals surface area (Å²) in [5.41, 5.74) is 6.70. The normalized spacial score (nSPS) is 15.5. The van der Waals surface area contributed by atoms with E-state index in [-0.39, 0.29) is 6.42 Å². The largest absolute Gasteiger partial charge is 0.480 e. The van der Waals surface area contributed by atoms with Gasteiger partial charge in [0.2, 0.25) is 17.7 Å². The quantitative estimate of drug-likeness (QED) is 0.219. The smallest absolute Gasteiger partial charge is 0.328 e. The third-order valence-corrected chi connectivity index (χ3v) is 5.33. The molecule has 5 atom stereocenters. The third kappa shape index (κ3) is 9.25. The van der Waals surface area contributed by atoms with Crippen molar-refractivity contribution in [3.05, 3.63) is 35.9 Å². The predicted octanol–water partition coefficient (Wildman–Crippen LogP) is -0.751. The molecule has 0 aliphatic heterocycles. The zero-order valence-electron chi connectivity index (χ0n) is 18.4. The molecule has 5 unspecified atom stereocenters. The van der Waals surface area contributed by atoms with Gasteiger partial charge in [-0.25, -0.2) is 4.79 Å². The molecule has 1 aromatic carbocycles. The molecule has 0 spiro atoms. The molecule has 32 heavy (non-hydrogen) atoms. The molecule has 0 bridgehead atoms. The number of thioether (sulfide) groups is 1. The fourth-order valence-corrected chi connectivity index (χ4v) is 3.25.